The molecule has 0 radical (unpaired) electrons. The number of nitrogen functional groups attached to an aromatic ring is 1. The summed E-state index contributed by atoms with van der Waals surface area (Å²) in [6.45, 7) is 5.75. The molecule has 1 aromatic heterocycles. The number of aryl methyl sites for hydroxylation is 1. The Hall–Kier alpha value is -3.64. The van der Waals surface area contributed by atoms with Gasteiger partial charge >= 0.3 is 6.18 Å². The maximum absolute atomic E-state index is 13.4. The number of halogens is 3. The lowest BCUT2D eigenvalue weighted by atomic mass is 10.0. The summed E-state index contributed by atoms with van der Waals surface area (Å²) in [5.74, 6) is 0.935. The SMILES string of the molecule is COCCOc1cc2c(N[C@H](C)c3cc(N)cc(C(F)(F)F)c3)nc(C)nc2cc1C(=O)N1CCOCC1. The third-order valence-electron chi connectivity index (χ3n) is 6.14. The lowest BCUT2D eigenvalue weighted by Crippen LogP contribution is -2.40. The predicted molar refractivity (Wildman–Crippen MR) is 136 cm³/mol. The minimum absolute atomic E-state index is 0.00676. The molecule has 12 heteroatoms. The maximum atomic E-state index is 13.4. The molecule has 1 amide bonds. The van der Waals surface area contributed by atoms with Crippen molar-refractivity contribution in [2.24, 2.45) is 0 Å². The van der Waals surface area contributed by atoms with Crippen LogP contribution >= 0.6 is 0 Å². The van der Waals surface area contributed by atoms with E-state index in [-0.39, 0.29) is 18.2 Å². The Bertz CT molecular complexity index is 1310. The van der Waals surface area contributed by atoms with Gasteiger partial charge in [-0.1, -0.05) is 0 Å². The second kappa shape index (κ2) is 11.4. The molecule has 1 atom stereocenters. The van der Waals surface area contributed by atoms with Crippen LogP contribution in [0.1, 0.15) is 40.3 Å². The first-order chi connectivity index (χ1) is 18.1. The largest absolute Gasteiger partial charge is 0.490 e. The average Bonchev–Trinajstić information content (AvgIpc) is 2.88. The summed E-state index contributed by atoms with van der Waals surface area (Å²) in [5.41, 5.74) is 6.12. The second-order valence-electron chi connectivity index (χ2n) is 8.98. The van der Waals surface area contributed by atoms with Crippen molar-refractivity contribution in [2.45, 2.75) is 26.1 Å². The summed E-state index contributed by atoms with van der Waals surface area (Å²) in [5, 5.41) is 3.74. The number of methoxy groups -OCH3 is 1. The van der Waals surface area contributed by atoms with E-state index in [0.29, 0.717) is 72.3 Å². The number of carbonyl (C=O) groups excluding carboxylic acids is 1. The smallest absolute Gasteiger partial charge is 0.416 e. The van der Waals surface area contributed by atoms with E-state index >= 15 is 0 Å². The number of nitrogens with zero attached hydrogens (tertiary/aromatic N) is 3. The van der Waals surface area contributed by atoms with Gasteiger partial charge in [-0.05, 0) is 49.7 Å². The predicted octanol–water partition coefficient (Wildman–Crippen LogP) is 4.21. The van der Waals surface area contributed by atoms with Gasteiger partial charge in [0.25, 0.3) is 5.91 Å². The molecule has 2 heterocycles. The van der Waals surface area contributed by atoms with Crippen LogP contribution in [-0.4, -0.2) is 67.4 Å². The third kappa shape index (κ3) is 6.25. The summed E-state index contributed by atoms with van der Waals surface area (Å²) in [6, 6.07) is 6.20. The van der Waals surface area contributed by atoms with Crippen molar-refractivity contribution in [3.8, 4) is 5.75 Å². The Labute approximate surface area is 218 Å². The van der Waals surface area contributed by atoms with Gasteiger partial charge in [-0.3, -0.25) is 4.79 Å². The number of morpholine rings is 1. The fourth-order valence-electron chi connectivity index (χ4n) is 4.22. The Morgan fingerprint density at radius 3 is 2.58 bits per heavy atom. The van der Waals surface area contributed by atoms with Gasteiger partial charge in [0.2, 0.25) is 0 Å². The lowest BCUT2D eigenvalue weighted by molar-refractivity contribution is -0.137. The van der Waals surface area contributed by atoms with Gasteiger partial charge in [0.15, 0.2) is 0 Å². The number of anilines is 2. The molecular weight excluding hydrogens is 503 g/mol. The Morgan fingerprint density at radius 1 is 1.16 bits per heavy atom. The zero-order chi connectivity index (χ0) is 27.4. The zero-order valence-corrected chi connectivity index (χ0v) is 21.4. The number of nitrogens with two attached hydrogens (primary N) is 1. The van der Waals surface area contributed by atoms with E-state index in [9.17, 15) is 18.0 Å². The number of fused-ring (bicyclic) bond motifs is 1. The number of hydrogen-bond acceptors (Lipinski definition) is 8. The molecule has 1 aliphatic rings. The highest BCUT2D eigenvalue weighted by molar-refractivity contribution is 6.02. The van der Waals surface area contributed by atoms with Crippen molar-refractivity contribution >= 4 is 28.3 Å². The highest BCUT2D eigenvalue weighted by Crippen LogP contribution is 2.35. The number of amides is 1. The first-order valence-electron chi connectivity index (χ1n) is 12.1. The van der Waals surface area contributed by atoms with Crippen molar-refractivity contribution in [3.05, 3.63) is 52.8 Å². The van der Waals surface area contributed by atoms with Crippen LogP contribution in [0.3, 0.4) is 0 Å². The Kier molecular flexibility index (Phi) is 8.22. The van der Waals surface area contributed by atoms with E-state index in [1.165, 1.54) is 6.07 Å². The average molecular weight is 534 g/mol. The molecule has 9 nitrogen and oxygen atoms in total. The lowest BCUT2D eigenvalue weighted by Gasteiger charge is -2.27. The summed E-state index contributed by atoms with van der Waals surface area (Å²) >= 11 is 0. The quantitative estimate of drug-likeness (QED) is 0.327. The van der Waals surface area contributed by atoms with Gasteiger partial charge in [-0.25, -0.2) is 9.97 Å². The van der Waals surface area contributed by atoms with Crippen molar-refractivity contribution in [3.63, 3.8) is 0 Å². The van der Waals surface area contributed by atoms with E-state index in [0.717, 1.165) is 12.1 Å². The van der Waals surface area contributed by atoms with Crippen molar-refractivity contribution in [1.82, 2.24) is 14.9 Å². The summed E-state index contributed by atoms with van der Waals surface area (Å²) in [4.78, 5) is 24.1. The number of nitrogens with one attached hydrogen (secondary N) is 1. The zero-order valence-electron chi connectivity index (χ0n) is 21.4. The number of carbonyl (C=O) groups is 1. The molecule has 2 aromatic carbocycles. The molecule has 0 saturated carbocycles. The molecule has 4 rings (SSSR count). The van der Waals surface area contributed by atoms with Gasteiger partial charge < -0.3 is 30.2 Å². The van der Waals surface area contributed by atoms with E-state index in [4.69, 9.17) is 19.9 Å². The molecule has 38 heavy (non-hydrogen) atoms. The number of rotatable bonds is 8. The number of hydrogen-bond donors (Lipinski definition) is 2. The van der Waals surface area contributed by atoms with Crippen molar-refractivity contribution in [2.75, 3.05) is 57.7 Å². The van der Waals surface area contributed by atoms with Gasteiger partial charge in [0, 0.05) is 31.3 Å². The summed E-state index contributed by atoms with van der Waals surface area (Å²) in [7, 11) is 1.55. The Morgan fingerprint density at radius 2 is 1.89 bits per heavy atom. The number of alkyl halides is 3. The first kappa shape index (κ1) is 27.4. The number of ether oxygens (including phenoxy) is 3. The van der Waals surface area contributed by atoms with Crippen LogP contribution < -0.4 is 15.8 Å². The van der Waals surface area contributed by atoms with E-state index < -0.39 is 17.8 Å². The van der Waals surface area contributed by atoms with Gasteiger partial charge in [0.1, 0.15) is 24.0 Å². The molecule has 3 aromatic rings. The fraction of sp³-hybridized carbons (Fsp3) is 0.423. The molecule has 3 N–H and O–H groups in total. The second-order valence-corrected chi connectivity index (χ2v) is 8.98. The molecule has 1 fully saturated rings. The molecular formula is C26H30F3N5O4. The molecule has 0 spiro atoms. The first-order valence-corrected chi connectivity index (χ1v) is 12.1. The van der Waals surface area contributed by atoms with Crippen LogP contribution in [0.4, 0.5) is 24.7 Å². The molecule has 204 valence electrons. The highest BCUT2D eigenvalue weighted by atomic mass is 19.4. The molecule has 1 aliphatic heterocycles. The number of benzene rings is 2. The molecule has 0 bridgehead atoms. The van der Waals surface area contributed by atoms with Gasteiger partial charge in [0.05, 0.1) is 42.5 Å². The molecule has 0 aliphatic carbocycles. The van der Waals surface area contributed by atoms with Crippen molar-refractivity contribution in [1.29, 1.82) is 0 Å². The topological polar surface area (TPSA) is 112 Å². The van der Waals surface area contributed by atoms with Crippen LogP contribution in [0, 0.1) is 6.92 Å². The van der Waals surface area contributed by atoms with Gasteiger partial charge in [-0.15, -0.1) is 0 Å². The monoisotopic (exact) mass is 533 g/mol. The standard InChI is InChI=1S/C26H30F3N5O4/c1-15(17-10-18(26(27,28)29)12-19(30)11-17)31-24-20-14-23(38-9-8-36-3)21(13-22(20)32-16(2)33-24)25(35)34-4-6-37-7-5-34/h10-15H,4-9,30H2,1-3H3,(H,31,32,33)/t15-/m1/s1. The summed E-state index contributed by atoms with van der Waals surface area (Å²) in [6.07, 6.45) is -4.53. The molecule has 0 unspecified atom stereocenters. The maximum Gasteiger partial charge on any atom is 0.416 e. The van der Waals surface area contributed by atoms with Crippen LogP contribution in [0.25, 0.3) is 10.9 Å². The van der Waals surface area contributed by atoms with Crippen LogP contribution in [0.15, 0.2) is 30.3 Å². The van der Waals surface area contributed by atoms with Crippen LogP contribution in [0.2, 0.25) is 0 Å². The van der Waals surface area contributed by atoms with Gasteiger partial charge in [-0.2, -0.15) is 13.2 Å². The minimum atomic E-state index is -4.53. The van der Waals surface area contributed by atoms with Crippen molar-refractivity contribution < 1.29 is 32.2 Å². The molecule has 1 saturated heterocycles. The normalized spacial score (nSPS) is 14.9. The summed E-state index contributed by atoms with van der Waals surface area (Å²) < 4.78 is 56.4. The van der Waals surface area contributed by atoms with E-state index in [1.54, 1.807) is 38.0 Å². The van der Waals surface area contributed by atoms with E-state index in [1.807, 2.05) is 0 Å². The highest BCUT2D eigenvalue weighted by Gasteiger charge is 2.31. The van der Waals surface area contributed by atoms with Crippen LogP contribution in [0.5, 0.6) is 5.75 Å². The Balaban J connectivity index is 1.74. The third-order valence-corrected chi connectivity index (χ3v) is 6.14. The fourth-order valence-corrected chi connectivity index (χ4v) is 4.22. The number of aromatic nitrogens is 2. The van der Waals surface area contributed by atoms with Crippen LogP contribution in [-0.2, 0) is 15.7 Å². The van der Waals surface area contributed by atoms with E-state index in [2.05, 4.69) is 15.3 Å². The minimum Gasteiger partial charge on any atom is -0.490 e.